The number of aromatic nitrogens is 4. The molecular formula is C23H22ClN5O3. The van der Waals surface area contributed by atoms with Crippen molar-refractivity contribution in [2.24, 2.45) is 7.05 Å². The molecular weight excluding hydrogens is 430 g/mol. The van der Waals surface area contributed by atoms with E-state index < -0.39 is 6.04 Å². The molecule has 0 fully saturated rings. The van der Waals surface area contributed by atoms with Gasteiger partial charge in [-0.3, -0.25) is 4.79 Å². The van der Waals surface area contributed by atoms with Crippen LogP contribution < -0.4 is 10.1 Å². The zero-order chi connectivity index (χ0) is 22.5. The van der Waals surface area contributed by atoms with Gasteiger partial charge in [-0.25, -0.2) is 4.98 Å². The fraction of sp³-hybridized carbons (Fsp3) is 0.217. The number of halogens is 1. The third kappa shape index (κ3) is 4.81. The molecule has 32 heavy (non-hydrogen) atoms. The number of imidazole rings is 1. The first-order valence-corrected chi connectivity index (χ1v) is 10.4. The van der Waals surface area contributed by atoms with E-state index in [0.29, 0.717) is 34.7 Å². The van der Waals surface area contributed by atoms with Crippen LogP contribution in [0.4, 0.5) is 0 Å². The molecule has 8 nitrogen and oxygen atoms in total. The van der Waals surface area contributed by atoms with Gasteiger partial charge in [-0.05, 0) is 30.3 Å². The van der Waals surface area contributed by atoms with E-state index >= 15 is 0 Å². The van der Waals surface area contributed by atoms with Crippen LogP contribution in [0.15, 0.2) is 65.4 Å². The van der Waals surface area contributed by atoms with Crippen LogP contribution in [0, 0.1) is 0 Å². The van der Waals surface area contributed by atoms with Crippen LogP contribution in [0.2, 0.25) is 5.02 Å². The highest BCUT2D eigenvalue weighted by atomic mass is 35.5. The molecule has 1 unspecified atom stereocenters. The molecule has 0 aliphatic heterocycles. The number of hydrogen-bond donors (Lipinski definition) is 1. The largest absolute Gasteiger partial charge is 0.496 e. The molecule has 9 heteroatoms. The Morgan fingerprint density at radius 2 is 2.00 bits per heavy atom. The lowest BCUT2D eigenvalue weighted by Gasteiger charge is -2.21. The molecule has 1 N–H and O–H groups in total. The van der Waals surface area contributed by atoms with Crippen LogP contribution in [0.25, 0.3) is 11.4 Å². The van der Waals surface area contributed by atoms with Crippen LogP contribution in [0.1, 0.15) is 29.7 Å². The predicted molar refractivity (Wildman–Crippen MR) is 119 cm³/mol. The highest BCUT2D eigenvalue weighted by molar-refractivity contribution is 6.30. The van der Waals surface area contributed by atoms with Crippen molar-refractivity contribution in [3.63, 3.8) is 0 Å². The first-order chi connectivity index (χ1) is 15.5. The summed E-state index contributed by atoms with van der Waals surface area (Å²) >= 11 is 5.92. The first-order valence-electron chi connectivity index (χ1n) is 10.0. The van der Waals surface area contributed by atoms with Crippen LogP contribution in [-0.4, -0.2) is 32.7 Å². The molecule has 0 saturated carbocycles. The molecule has 2 aromatic heterocycles. The Morgan fingerprint density at radius 1 is 1.22 bits per heavy atom. The summed E-state index contributed by atoms with van der Waals surface area (Å²) in [5.41, 5.74) is 1.61. The maximum Gasteiger partial charge on any atom is 0.227 e. The van der Waals surface area contributed by atoms with E-state index in [0.717, 1.165) is 11.1 Å². The van der Waals surface area contributed by atoms with E-state index in [2.05, 4.69) is 20.4 Å². The summed E-state index contributed by atoms with van der Waals surface area (Å²) in [6.45, 7) is 0. The number of aryl methyl sites for hydroxylation is 2. The van der Waals surface area contributed by atoms with Crippen LogP contribution in [-0.2, 0) is 18.3 Å². The molecule has 0 spiro atoms. The van der Waals surface area contributed by atoms with Gasteiger partial charge in [-0.1, -0.05) is 35.0 Å². The smallest absolute Gasteiger partial charge is 0.227 e. The van der Waals surface area contributed by atoms with Crippen LogP contribution in [0.5, 0.6) is 5.75 Å². The van der Waals surface area contributed by atoms with Gasteiger partial charge in [-0.15, -0.1) is 0 Å². The monoisotopic (exact) mass is 451 g/mol. The zero-order valence-corrected chi connectivity index (χ0v) is 18.4. The molecule has 1 amide bonds. The number of carbonyl (C=O) groups excluding carboxylic acids is 1. The molecule has 4 rings (SSSR count). The lowest BCUT2D eigenvalue weighted by atomic mass is 10.0. The summed E-state index contributed by atoms with van der Waals surface area (Å²) in [6, 6.07) is 14.2. The molecule has 2 aromatic carbocycles. The molecule has 0 saturated heterocycles. The molecule has 164 valence electrons. The van der Waals surface area contributed by atoms with Crippen molar-refractivity contribution in [1.82, 2.24) is 25.0 Å². The number of carbonyl (C=O) groups is 1. The van der Waals surface area contributed by atoms with E-state index in [4.69, 9.17) is 20.9 Å². The number of amides is 1. The predicted octanol–water partition coefficient (Wildman–Crippen LogP) is 3.97. The fourth-order valence-electron chi connectivity index (χ4n) is 3.37. The van der Waals surface area contributed by atoms with Crippen molar-refractivity contribution >= 4 is 17.5 Å². The van der Waals surface area contributed by atoms with Gasteiger partial charge < -0.3 is 19.1 Å². The number of rotatable bonds is 8. The number of nitrogens with zero attached hydrogens (tertiary/aromatic N) is 4. The topological polar surface area (TPSA) is 95.1 Å². The summed E-state index contributed by atoms with van der Waals surface area (Å²) in [7, 11) is 3.48. The van der Waals surface area contributed by atoms with Crippen molar-refractivity contribution < 1.29 is 14.1 Å². The van der Waals surface area contributed by atoms with E-state index in [1.165, 1.54) is 0 Å². The minimum atomic E-state index is -0.467. The summed E-state index contributed by atoms with van der Waals surface area (Å²) in [4.78, 5) is 21.6. The molecule has 0 bridgehead atoms. The number of benzene rings is 2. The van der Waals surface area contributed by atoms with E-state index in [1.807, 2.05) is 54.2 Å². The fourth-order valence-corrected chi connectivity index (χ4v) is 3.49. The van der Waals surface area contributed by atoms with E-state index in [1.54, 1.807) is 25.4 Å². The van der Waals surface area contributed by atoms with Gasteiger partial charge in [0, 0.05) is 48.4 Å². The average Bonchev–Trinajstić information content (AvgIpc) is 3.46. The third-order valence-electron chi connectivity index (χ3n) is 5.01. The Hall–Kier alpha value is -3.65. The van der Waals surface area contributed by atoms with Gasteiger partial charge in [0.15, 0.2) is 0 Å². The molecule has 0 aliphatic carbocycles. The minimum absolute atomic E-state index is 0.171. The minimum Gasteiger partial charge on any atom is -0.496 e. The summed E-state index contributed by atoms with van der Waals surface area (Å²) in [5.74, 6) is 2.04. The van der Waals surface area contributed by atoms with Crippen molar-refractivity contribution in [3.8, 4) is 17.1 Å². The number of nitrogens with one attached hydrogen (secondary N) is 1. The second-order valence-corrected chi connectivity index (χ2v) is 7.59. The second kappa shape index (κ2) is 9.65. The Balaban J connectivity index is 1.46. The van der Waals surface area contributed by atoms with Gasteiger partial charge >= 0.3 is 0 Å². The number of para-hydroxylation sites is 1. The van der Waals surface area contributed by atoms with Crippen molar-refractivity contribution in [1.29, 1.82) is 0 Å². The van der Waals surface area contributed by atoms with Crippen molar-refractivity contribution in [3.05, 3.63) is 83.2 Å². The molecule has 1 atom stereocenters. The molecule has 0 aliphatic rings. The summed E-state index contributed by atoms with van der Waals surface area (Å²) in [6.07, 6.45) is 4.02. The van der Waals surface area contributed by atoms with Gasteiger partial charge in [0.05, 0.1) is 7.11 Å². The highest BCUT2D eigenvalue weighted by Gasteiger charge is 2.24. The van der Waals surface area contributed by atoms with Crippen LogP contribution in [0.3, 0.4) is 0 Å². The van der Waals surface area contributed by atoms with Gasteiger partial charge in [0.1, 0.15) is 17.6 Å². The van der Waals surface area contributed by atoms with Crippen molar-refractivity contribution in [2.75, 3.05) is 7.11 Å². The number of ether oxygens (including phenoxy) is 1. The quantitative estimate of drug-likeness (QED) is 0.435. The second-order valence-electron chi connectivity index (χ2n) is 7.16. The standard InChI is InChI=1S/C23H22ClN5O3/c1-29-14-13-25-23(29)21(17-5-3-4-6-18(17)31-2)26-19(30)11-12-20-27-22(28-32-20)15-7-9-16(24)10-8-15/h3-10,13-14,21H,11-12H2,1-2H3,(H,26,30). The van der Waals surface area contributed by atoms with Gasteiger partial charge in [-0.2, -0.15) is 4.98 Å². The summed E-state index contributed by atoms with van der Waals surface area (Å²) in [5, 5.41) is 7.68. The van der Waals surface area contributed by atoms with Gasteiger partial charge in [0.2, 0.25) is 17.6 Å². The van der Waals surface area contributed by atoms with Crippen molar-refractivity contribution in [2.45, 2.75) is 18.9 Å². The number of hydrogen-bond acceptors (Lipinski definition) is 6. The summed E-state index contributed by atoms with van der Waals surface area (Å²) < 4.78 is 12.7. The maximum atomic E-state index is 12.8. The first kappa shape index (κ1) is 21.6. The Morgan fingerprint density at radius 3 is 2.72 bits per heavy atom. The van der Waals surface area contributed by atoms with E-state index in [-0.39, 0.29) is 12.3 Å². The van der Waals surface area contributed by atoms with Gasteiger partial charge in [0.25, 0.3) is 0 Å². The molecule has 4 aromatic rings. The van der Waals surface area contributed by atoms with Crippen LogP contribution >= 0.6 is 11.6 Å². The normalized spacial score (nSPS) is 11.8. The highest BCUT2D eigenvalue weighted by Crippen LogP contribution is 2.29. The SMILES string of the molecule is COc1ccccc1C(NC(=O)CCc1nc(-c2ccc(Cl)cc2)no1)c1nccn1C. The lowest BCUT2D eigenvalue weighted by molar-refractivity contribution is -0.121. The lowest BCUT2D eigenvalue weighted by Crippen LogP contribution is -2.31. The molecule has 2 heterocycles. The molecule has 0 radical (unpaired) electrons. The Kier molecular flexibility index (Phi) is 6.51. The third-order valence-corrected chi connectivity index (χ3v) is 5.26. The maximum absolute atomic E-state index is 12.8. The van der Waals surface area contributed by atoms with E-state index in [9.17, 15) is 4.79 Å². The average molecular weight is 452 g/mol. The Bertz CT molecular complexity index is 1200. The Labute approximate surface area is 190 Å². The zero-order valence-electron chi connectivity index (χ0n) is 17.7. The number of methoxy groups -OCH3 is 1.